The van der Waals surface area contributed by atoms with Gasteiger partial charge in [-0.25, -0.2) is 0 Å². The van der Waals surface area contributed by atoms with Crippen LogP contribution in [0.5, 0.6) is 0 Å². The maximum atomic E-state index is 11.2. The second kappa shape index (κ2) is 10.9. The number of nitrogens with one attached hydrogen (secondary N) is 1. The van der Waals surface area contributed by atoms with Gasteiger partial charge < -0.3 is 19.7 Å². The molecule has 0 unspecified atom stereocenters. The topological polar surface area (TPSA) is 50.8 Å². The first-order valence-corrected chi connectivity index (χ1v) is 5.66. The summed E-state index contributed by atoms with van der Waals surface area (Å²) >= 11 is 0. The number of ether oxygens (including phenoxy) is 2. The van der Waals surface area contributed by atoms with Crippen LogP contribution in [0.25, 0.3) is 0 Å². The van der Waals surface area contributed by atoms with E-state index in [1.165, 1.54) is 0 Å². The highest BCUT2D eigenvalue weighted by Crippen LogP contribution is 1.91. The summed E-state index contributed by atoms with van der Waals surface area (Å²) in [5.74, 6) is 0.179. The van der Waals surface area contributed by atoms with Gasteiger partial charge in [0.2, 0.25) is 5.91 Å². The van der Waals surface area contributed by atoms with Crippen molar-refractivity contribution in [3.05, 3.63) is 0 Å². The van der Waals surface area contributed by atoms with Crippen LogP contribution in [0.4, 0.5) is 0 Å². The zero-order valence-electron chi connectivity index (χ0n) is 10.6. The average Bonchev–Trinajstić information content (AvgIpc) is 2.26. The summed E-state index contributed by atoms with van der Waals surface area (Å²) in [5, 5.41) is 3.22. The molecule has 0 atom stereocenters. The third-order valence-electron chi connectivity index (χ3n) is 2.10. The summed E-state index contributed by atoms with van der Waals surface area (Å²) < 4.78 is 10.1. The highest BCUT2D eigenvalue weighted by molar-refractivity contribution is 5.75. The Morgan fingerprint density at radius 3 is 2.56 bits per heavy atom. The van der Waals surface area contributed by atoms with E-state index in [4.69, 9.17) is 9.47 Å². The third kappa shape index (κ3) is 9.89. The van der Waals surface area contributed by atoms with Crippen LogP contribution in [0.15, 0.2) is 0 Å². The Morgan fingerprint density at radius 1 is 1.19 bits per heavy atom. The molecule has 0 aromatic heterocycles. The molecule has 96 valence electrons. The van der Waals surface area contributed by atoms with Crippen molar-refractivity contribution in [2.75, 3.05) is 54.1 Å². The van der Waals surface area contributed by atoms with Crippen molar-refractivity contribution in [3.63, 3.8) is 0 Å². The first kappa shape index (κ1) is 15.3. The molecule has 0 aliphatic rings. The van der Waals surface area contributed by atoms with Gasteiger partial charge in [-0.2, -0.15) is 0 Å². The molecule has 0 saturated heterocycles. The van der Waals surface area contributed by atoms with Crippen molar-refractivity contribution in [2.24, 2.45) is 0 Å². The molecule has 0 rings (SSSR count). The van der Waals surface area contributed by atoms with Crippen LogP contribution in [0.1, 0.15) is 12.8 Å². The minimum atomic E-state index is 0.179. The fourth-order valence-electron chi connectivity index (χ4n) is 1.10. The summed E-state index contributed by atoms with van der Waals surface area (Å²) in [5.41, 5.74) is 0. The molecule has 0 fully saturated rings. The Hall–Kier alpha value is -0.650. The SMILES string of the molecule is COCCOCCNCCCC(=O)N(C)C. The zero-order valence-corrected chi connectivity index (χ0v) is 10.6. The molecular formula is C11H24N2O3. The molecule has 0 spiro atoms. The quantitative estimate of drug-likeness (QED) is 0.543. The van der Waals surface area contributed by atoms with Crippen molar-refractivity contribution >= 4 is 5.91 Å². The molecule has 16 heavy (non-hydrogen) atoms. The van der Waals surface area contributed by atoms with Crippen LogP contribution >= 0.6 is 0 Å². The van der Waals surface area contributed by atoms with Gasteiger partial charge in [0, 0.05) is 34.2 Å². The number of methoxy groups -OCH3 is 1. The molecule has 0 bridgehead atoms. The largest absolute Gasteiger partial charge is 0.382 e. The van der Waals surface area contributed by atoms with Crippen molar-refractivity contribution < 1.29 is 14.3 Å². The molecule has 0 saturated carbocycles. The van der Waals surface area contributed by atoms with Gasteiger partial charge in [-0.3, -0.25) is 4.79 Å². The highest BCUT2D eigenvalue weighted by atomic mass is 16.5. The van der Waals surface area contributed by atoms with E-state index in [0.717, 1.165) is 19.5 Å². The maximum absolute atomic E-state index is 11.2. The number of carbonyl (C=O) groups excluding carboxylic acids is 1. The van der Waals surface area contributed by atoms with E-state index in [1.54, 1.807) is 26.1 Å². The summed E-state index contributed by atoms with van der Waals surface area (Å²) in [7, 11) is 5.21. The lowest BCUT2D eigenvalue weighted by atomic mass is 10.3. The van der Waals surface area contributed by atoms with E-state index in [2.05, 4.69) is 5.32 Å². The summed E-state index contributed by atoms with van der Waals surface area (Å²) in [4.78, 5) is 12.8. The van der Waals surface area contributed by atoms with Crippen LogP contribution in [0.3, 0.4) is 0 Å². The second-order valence-corrected chi connectivity index (χ2v) is 3.75. The first-order valence-electron chi connectivity index (χ1n) is 5.66. The van der Waals surface area contributed by atoms with E-state index in [9.17, 15) is 4.79 Å². The monoisotopic (exact) mass is 232 g/mol. The lowest BCUT2D eigenvalue weighted by Crippen LogP contribution is -2.25. The van der Waals surface area contributed by atoms with E-state index < -0.39 is 0 Å². The van der Waals surface area contributed by atoms with E-state index >= 15 is 0 Å². The fourth-order valence-corrected chi connectivity index (χ4v) is 1.10. The first-order chi connectivity index (χ1) is 7.68. The lowest BCUT2D eigenvalue weighted by Gasteiger charge is -2.10. The van der Waals surface area contributed by atoms with Gasteiger partial charge in [-0.05, 0) is 13.0 Å². The summed E-state index contributed by atoms with van der Waals surface area (Å²) in [6.07, 6.45) is 1.47. The normalized spacial score (nSPS) is 10.4. The Balaban J connectivity index is 3.07. The van der Waals surface area contributed by atoms with Gasteiger partial charge in [0.1, 0.15) is 0 Å². The smallest absolute Gasteiger partial charge is 0.222 e. The van der Waals surface area contributed by atoms with Crippen molar-refractivity contribution in [1.29, 1.82) is 0 Å². The van der Waals surface area contributed by atoms with Crippen molar-refractivity contribution in [3.8, 4) is 0 Å². The van der Waals surface area contributed by atoms with Crippen LogP contribution in [0.2, 0.25) is 0 Å². The van der Waals surface area contributed by atoms with Gasteiger partial charge in [0.25, 0.3) is 0 Å². The van der Waals surface area contributed by atoms with Gasteiger partial charge >= 0.3 is 0 Å². The predicted octanol–water partition coefficient (Wildman–Crippen LogP) is 0.107. The van der Waals surface area contributed by atoms with Crippen LogP contribution in [0, 0.1) is 0 Å². The molecular weight excluding hydrogens is 208 g/mol. The highest BCUT2D eigenvalue weighted by Gasteiger charge is 2.01. The van der Waals surface area contributed by atoms with Crippen LogP contribution < -0.4 is 5.32 Å². The summed E-state index contributed by atoms with van der Waals surface area (Å²) in [6.45, 7) is 3.63. The Labute approximate surface area is 98.1 Å². The number of carbonyl (C=O) groups is 1. The molecule has 0 aliphatic carbocycles. The van der Waals surface area contributed by atoms with Crippen LogP contribution in [-0.2, 0) is 14.3 Å². The minimum Gasteiger partial charge on any atom is -0.382 e. The standard InChI is InChI=1S/C11H24N2O3/c1-13(2)11(14)5-4-6-12-7-8-16-10-9-15-3/h12H,4-10H2,1-3H3. The Bertz CT molecular complexity index is 175. The lowest BCUT2D eigenvalue weighted by molar-refractivity contribution is -0.128. The fraction of sp³-hybridized carbons (Fsp3) is 0.909. The molecule has 0 aromatic carbocycles. The molecule has 0 aromatic rings. The van der Waals surface area contributed by atoms with Crippen molar-refractivity contribution in [1.82, 2.24) is 10.2 Å². The molecule has 5 nitrogen and oxygen atoms in total. The van der Waals surface area contributed by atoms with Crippen molar-refractivity contribution in [2.45, 2.75) is 12.8 Å². The molecule has 1 N–H and O–H groups in total. The average molecular weight is 232 g/mol. The molecule has 0 aliphatic heterocycles. The number of amides is 1. The Kier molecular flexibility index (Phi) is 10.4. The molecule has 0 heterocycles. The third-order valence-corrected chi connectivity index (χ3v) is 2.10. The summed E-state index contributed by atoms with van der Waals surface area (Å²) in [6, 6.07) is 0. The van der Waals surface area contributed by atoms with E-state index in [1.807, 2.05) is 0 Å². The Morgan fingerprint density at radius 2 is 1.94 bits per heavy atom. The zero-order chi connectivity index (χ0) is 12.2. The predicted molar refractivity (Wildman–Crippen MR) is 63.5 cm³/mol. The van der Waals surface area contributed by atoms with E-state index in [-0.39, 0.29) is 5.91 Å². The second-order valence-electron chi connectivity index (χ2n) is 3.75. The van der Waals surface area contributed by atoms with Gasteiger partial charge in [0.05, 0.1) is 19.8 Å². The van der Waals surface area contributed by atoms with Crippen LogP contribution in [-0.4, -0.2) is 64.9 Å². The van der Waals surface area contributed by atoms with Gasteiger partial charge in [-0.15, -0.1) is 0 Å². The van der Waals surface area contributed by atoms with Gasteiger partial charge in [-0.1, -0.05) is 0 Å². The number of rotatable bonds is 10. The molecule has 0 radical (unpaired) electrons. The number of nitrogens with zero attached hydrogens (tertiary/aromatic N) is 1. The minimum absolute atomic E-state index is 0.179. The van der Waals surface area contributed by atoms with Gasteiger partial charge in [0.15, 0.2) is 0 Å². The number of hydrogen-bond donors (Lipinski definition) is 1. The number of hydrogen-bond acceptors (Lipinski definition) is 4. The van der Waals surface area contributed by atoms with E-state index in [0.29, 0.717) is 26.2 Å². The molecule has 5 heteroatoms. The maximum Gasteiger partial charge on any atom is 0.222 e. The molecule has 1 amide bonds.